The van der Waals surface area contributed by atoms with Crippen LogP contribution in [0.5, 0.6) is 11.5 Å². The van der Waals surface area contributed by atoms with Crippen molar-refractivity contribution in [1.29, 1.82) is 0 Å². The fourth-order valence-corrected chi connectivity index (χ4v) is 5.72. The molecule has 2 aliphatic rings. The number of amides is 2. The highest BCUT2D eigenvalue weighted by Crippen LogP contribution is 2.33. The van der Waals surface area contributed by atoms with E-state index in [1.54, 1.807) is 11.0 Å². The number of thioether (sulfide) groups is 1. The molecule has 2 aromatic carbocycles. The summed E-state index contributed by atoms with van der Waals surface area (Å²) < 4.78 is 5.83. The molecule has 3 heterocycles. The van der Waals surface area contributed by atoms with Crippen molar-refractivity contribution in [2.45, 2.75) is 36.3 Å². The van der Waals surface area contributed by atoms with E-state index in [9.17, 15) is 19.5 Å². The maximum absolute atomic E-state index is 13.0. The first kappa shape index (κ1) is 25.2. The fraction of sp³-hybridized carbons (Fsp3) is 0.308. The molecule has 2 amide bonds. The zero-order chi connectivity index (χ0) is 25.9. The largest absolute Gasteiger partial charge is 0.501 e. The van der Waals surface area contributed by atoms with Crippen molar-refractivity contribution in [1.82, 2.24) is 20.2 Å². The minimum atomic E-state index is -0.829. The fourth-order valence-electron chi connectivity index (χ4n) is 4.59. The Morgan fingerprint density at radius 3 is 2.81 bits per heavy atom. The third-order valence-electron chi connectivity index (χ3n) is 6.41. The molecule has 0 unspecified atom stereocenters. The molecule has 1 saturated heterocycles. The van der Waals surface area contributed by atoms with E-state index < -0.39 is 23.3 Å². The van der Waals surface area contributed by atoms with Gasteiger partial charge in [-0.25, -0.2) is 4.98 Å². The van der Waals surface area contributed by atoms with Gasteiger partial charge in [0.1, 0.15) is 17.7 Å². The third-order valence-corrected chi connectivity index (χ3v) is 7.91. The molecule has 3 aromatic rings. The molecule has 0 radical (unpaired) electrons. The Balaban J connectivity index is 1.26. The molecule has 0 spiro atoms. The van der Waals surface area contributed by atoms with Gasteiger partial charge in [-0.2, -0.15) is 0 Å². The molecule has 2 atom stereocenters. The van der Waals surface area contributed by atoms with Gasteiger partial charge in [-0.3, -0.25) is 14.4 Å². The van der Waals surface area contributed by atoms with Gasteiger partial charge < -0.3 is 25.0 Å². The van der Waals surface area contributed by atoms with Crippen LogP contribution in [0, 0.1) is 0 Å². The van der Waals surface area contributed by atoms with Gasteiger partial charge in [-0.1, -0.05) is 41.9 Å². The van der Waals surface area contributed by atoms with Gasteiger partial charge in [0.25, 0.3) is 11.5 Å². The van der Waals surface area contributed by atoms with Crippen LogP contribution in [0.4, 0.5) is 0 Å². The number of hydrogen-bond donors (Lipinski definition) is 3. The summed E-state index contributed by atoms with van der Waals surface area (Å²) >= 11 is 7.53. The van der Waals surface area contributed by atoms with E-state index in [-0.39, 0.29) is 35.8 Å². The molecule has 2 aliphatic heterocycles. The lowest BCUT2D eigenvalue weighted by Crippen LogP contribution is -2.37. The number of aromatic nitrogens is 2. The summed E-state index contributed by atoms with van der Waals surface area (Å²) in [7, 11) is 0. The Bertz CT molecular complexity index is 1370. The summed E-state index contributed by atoms with van der Waals surface area (Å²) in [6, 6.07) is 14.4. The molecule has 11 heteroatoms. The summed E-state index contributed by atoms with van der Waals surface area (Å²) in [5.41, 5.74) is -0.150. The van der Waals surface area contributed by atoms with E-state index in [0.717, 1.165) is 22.6 Å². The second kappa shape index (κ2) is 10.9. The van der Waals surface area contributed by atoms with Gasteiger partial charge in [0.15, 0.2) is 5.69 Å². The van der Waals surface area contributed by atoms with Crippen LogP contribution in [-0.2, 0) is 11.2 Å². The number of H-pyrrole nitrogens is 1. The van der Waals surface area contributed by atoms with Gasteiger partial charge in [0, 0.05) is 17.9 Å². The van der Waals surface area contributed by atoms with Crippen molar-refractivity contribution in [3.63, 3.8) is 0 Å². The third kappa shape index (κ3) is 5.45. The topological polar surface area (TPSA) is 125 Å². The van der Waals surface area contributed by atoms with E-state index >= 15 is 0 Å². The summed E-state index contributed by atoms with van der Waals surface area (Å²) in [5.74, 6) is -0.464. The Kier molecular flexibility index (Phi) is 7.38. The molecular formula is C26H25ClN4O5S. The first-order valence-corrected chi connectivity index (χ1v) is 13.3. The lowest BCUT2D eigenvalue weighted by atomic mass is 10.1. The molecule has 1 aromatic heterocycles. The number of likely N-dealkylation sites (tertiary alicyclic amines) is 1. The van der Waals surface area contributed by atoms with Crippen molar-refractivity contribution in [2.24, 2.45) is 0 Å². The zero-order valence-electron chi connectivity index (χ0n) is 19.8. The lowest BCUT2D eigenvalue weighted by molar-refractivity contribution is -0.129. The lowest BCUT2D eigenvalue weighted by Gasteiger charge is -2.24. The minimum absolute atomic E-state index is 0.132. The molecule has 1 fully saturated rings. The van der Waals surface area contributed by atoms with Gasteiger partial charge in [-0.15, -0.1) is 11.8 Å². The van der Waals surface area contributed by atoms with Gasteiger partial charge in [-0.05, 0) is 36.6 Å². The van der Waals surface area contributed by atoms with Gasteiger partial charge in [0.05, 0.1) is 23.4 Å². The SMILES string of the molecule is O=C(NC[C@@H]1Cc2ccccc2O1)c1nc([C@@H]2CCCN2C(=O)CSc2ccccc2Cl)[nH]c(=O)c1O. The summed E-state index contributed by atoms with van der Waals surface area (Å²) in [5, 5.41) is 13.6. The maximum atomic E-state index is 13.0. The Morgan fingerprint density at radius 2 is 2.00 bits per heavy atom. The van der Waals surface area contributed by atoms with Crippen molar-refractivity contribution in [3.8, 4) is 11.5 Å². The van der Waals surface area contributed by atoms with Gasteiger partial charge in [0.2, 0.25) is 11.7 Å². The zero-order valence-corrected chi connectivity index (χ0v) is 21.3. The van der Waals surface area contributed by atoms with E-state index in [4.69, 9.17) is 16.3 Å². The molecule has 0 saturated carbocycles. The first-order valence-electron chi connectivity index (χ1n) is 11.9. The van der Waals surface area contributed by atoms with E-state index in [1.165, 1.54) is 11.8 Å². The summed E-state index contributed by atoms with van der Waals surface area (Å²) in [6.45, 7) is 0.683. The molecular weight excluding hydrogens is 516 g/mol. The second-order valence-electron chi connectivity index (χ2n) is 8.87. The van der Waals surface area contributed by atoms with Crippen LogP contribution in [0.15, 0.2) is 58.2 Å². The number of hydrogen-bond acceptors (Lipinski definition) is 7. The second-order valence-corrected chi connectivity index (χ2v) is 10.3. The van der Waals surface area contributed by atoms with Crippen LogP contribution < -0.4 is 15.6 Å². The monoisotopic (exact) mass is 540 g/mol. The summed E-state index contributed by atoms with van der Waals surface area (Å²) in [6.07, 6.45) is 1.68. The smallest absolute Gasteiger partial charge is 0.294 e. The average molecular weight is 541 g/mol. The number of aromatic amines is 1. The molecule has 0 aliphatic carbocycles. The van der Waals surface area contributed by atoms with Gasteiger partial charge >= 0.3 is 0 Å². The highest BCUT2D eigenvalue weighted by atomic mass is 35.5. The quantitative estimate of drug-likeness (QED) is 0.393. The van der Waals surface area contributed by atoms with Crippen molar-refractivity contribution < 1.29 is 19.4 Å². The number of nitrogens with one attached hydrogen (secondary N) is 2. The standard InChI is InChI=1S/C26H25ClN4O5S/c27-17-7-2-4-10-20(17)37-14-21(32)31-11-5-8-18(31)24-29-22(23(33)26(35)30-24)25(34)28-13-16-12-15-6-1-3-9-19(15)36-16/h1-4,6-7,9-10,16,18,33H,5,8,11-14H2,(H,28,34)(H,29,30,35)/t16-,18-/m0/s1. The van der Waals surface area contributed by atoms with E-state index in [0.29, 0.717) is 24.4 Å². The van der Waals surface area contributed by atoms with E-state index in [2.05, 4.69) is 15.3 Å². The number of aromatic hydroxyl groups is 1. The summed E-state index contributed by atoms with van der Waals surface area (Å²) in [4.78, 5) is 47.7. The van der Waals surface area contributed by atoms with Crippen LogP contribution >= 0.6 is 23.4 Å². The number of carbonyl (C=O) groups excluding carboxylic acids is 2. The van der Waals surface area contributed by atoms with E-state index in [1.807, 2.05) is 42.5 Å². The molecule has 5 rings (SSSR count). The number of halogens is 1. The average Bonchev–Trinajstić information content (AvgIpc) is 3.55. The number of fused-ring (bicyclic) bond motifs is 1. The van der Waals surface area contributed by atoms with Crippen LogP contribution in [0.3, 0.4) is 0 Å². The molecule has 0 bridgehead atoms. The minimum Gasteiger partial charge on any atom is -0.501 e. The number of carbonyl (C=O) groups is 2. The molecule has 3 N–H and O–H groups in total. The first-order chi connectivity index (χ1) is 17.9. The highest BCUT2D eigenvalue weighted by Gasteiger charge is 2.33. The van der Waals surface area contributed by atoms with Crippen LogP contribution in [0.1, 0.15) is 40.8 Å². The Labute approximate surface area is 222 Å². The van der Waals surface area contributed by atoms with Crippen molar-refractivity contribution >= 4 is 35.2 Å². The number of para-hydroxylation sites is 1. The molecule has 37 heavy (non-hydrogen) atoms. The predicted molar refractivity (Wildman–Crippen MR) is 139 cm³/mol. The molecule has 9 nitrogen and oxygen atoms in total. The Hall–Kier alpha value is -3.50. The van der Waals surface area contributed by atoms with Crippen LogP contribution in [0.25, 0.3) is 0 Å². The molecule has 192 valence electrons. The number of benzene rings is 2. The highest BCUT2D eigenvalue weighted by molar-refractivity contribution is 8.00. The number of nitrogens with zero attached hydrogens (tertiary/aromatic N) is 2. The number of ether oxygens (including phenoxy) is 1. The Morgan fingerprint density at radius 1 is 1.22 bits per heavy atom. The maximum Gasteiger partial charge on any atom is 0.294 e. The van der Waals surface area contributed by atoms with Crippen molar-refractivity contribution in [3.05, 3.63) is 81.0 Å². The normalized spacial score (nSPS) is 18.4. The van der Waals surface area contributed by atoms with Crippen LogP contribution in [0.2, 0.25) is 5.02 Å². The van der Waals surface area contributed by atoms with Crippen molar-refractivity contribution in [2.75, 3.05) is 18.8 Å². The van der Waals surface area contributed by atoms with Crippen LogP contribution in [-0.4, -0.2) is 56.7 Å². The number of rotatable bonds is 7. The predicted octanol–water partition coefficient (Wildman–Crippen LogP) is 3.32.